The van der Waals surface area contributed by atoms with Gasteiger partial charge in [-0.05, 0) is 50.1 Å². The average Bonchev–Trinajstić information content (AvgIpc) is 2.44. The molecule has 0 spiro atoms. The van der Waals surface area contributed by atoms with Crippen molar-refractivity contribution in [3.8, 4) is 6.07 Å². The Morgan fingerprint density at radius 2 is 2.00 bits per heavy atom. The van der Waals surface area contributed by atoms with Crippen LogP contribution in [0.4, 0.5) is 10.1 Å². The third-order valence-electron chi connectivity index (χ3n) is 3.63. The summed E-state index contributed by atoms with van der Waals surface area (Å²) in [5, 5.41) is 12.0. The van der Waals surface area contributed by atoms with Crippen LogP contribution in [-0.2, 0) is 0 Å². The Labute approximate surface area is 127 Å². The van der Waals surface area contributed by atoms with E-state index in [0.29, 0.717) is 24.4 Å². The number of nitriles is 1. The second kappa shape index (κ2) is 7.99. The van der Waals surface area contributed by atoms with E-state index in [4.69, 9.17) is 5.26 Å². The maximum Gasteiger partial charge on any atom is 0.126 e. The number of hydrogen-bond acceptors (Lipinski definition) is 3. The molecule has 0 aliphatic heterocycles. The summed E-state index contributed by atoms with van der Waals surface area (Å²) < 4.78 is 13.9. The third kappa shape index (κ3) is 4.71. The highest BCUT2D eigenvalue weighted by Crippen LogP contribution is 2.30. The first-order valence-electron chi connectivity index (χ1n) is 7.49. The van der Waals surface area contributed by atoms with E-state index in [1.807, 2.05) is 20.0 Å². The Kier molecular flexibility index (Phi) is 6.64. The monoisotopic (exact) mass is 291 g/mol. The summed E-state index contributed by atoms with van der Waals surface area (Å²) in [5.74, 6) is 0.299. The first-order valence-corrected chi connectivity index (χ1v) is 7.49. The SMILES string of the molecule is CNC(C)c1cc(F)c(C)cc1N(CCC#N)CC(C)C. The highest BCUT2D eigenvalue weighted by Gasteiger charge is 2.18. The number of rotatable bonds is 7. The molecular formula is C17H26FN3. The van der Waals surface area contributed by atoms with Crippen LogP contribution in [0.3, 0.4) is 0 Å². The Balaban J connectivity index is 3.26. The minimum atomic E-state index is -0.180. The summed E-state index contributed by atoms with van der Waals surface area (Å²) in [6.45, 7) is 9.63. The van der Waals surface area contributed by atoms with Crippen molar-refractivity contribution < 1.29 is 4.39 Å². The first-order chi connectivity index (χ1) is 9.90. The minimum Gasteiger partial charge on any atom is -0.370 e. The quantitative estimate of drug-likeness (QED) is 0.830. The molecule has 0 radical (unpaired) electrons. The van der Waals surface area contributed by atoms with Gasteiger partial charge in [0.05, 0.1) is 12.5 Å². The molecule has 1 aromatic rings. The zero-order valence-electron chi connectivity index (χ0n) is 13.7. The summed E-state index contributed by atoms with van der Waals surface area (Å²) in [4.78, 5) is 2.20. The number of hydrogen-bond donors (Lipinski definition) is 1. The Morgan fingerprint density at radius 3 is 2.52 bits per heavy atom. The van der Waals surface area contributed by atoms with Crippen LogP contribution >= 0.6 is 0 Å². The largest absolute Gasteiger partial charge is 0.370 e. The van der Waals surface area contributed by atoms with E-state index in [1.165, 1.54) is 0 Å². The van der Waals surface area contributed by atoms with E-state index in [1.54, 1.807) is 13.0 Å². The van der Waals surface area contributed by atoms with Gasteiger partial charge in [0.25, 0.3) is 0 Å². The topological polar surface area (TPSA) is 39.1 Å². The predicted molar refractivity (Wildman–Crippen MR) is 85.9 cm³/mol. The third-order valence-corrected chi connectivity index (χ3v) is 3.63. The van der Waals surface area contributed by atoms with Crippen molar-refractivity contribution in [1.82, 2.24) is 5.32 Å². The summed E-state index contributed by atoms with van der Waals surface area (Å²) in [7, 11) is 1.87. The van der Waals surface area contributed by atoms with E-state index < -0.39 is 0 Å². The molecule has 1 atom stereocenters. The van der Waals surface area contributed by atoms with Gasteiger partial charge in [0.1, 0.15) is 5.82 Å². The van der Waals surface area contributed by atoms with Crippen LogP contribution in [0.1, 0.15) is 44.4 Å². The number of nitrogens with zero attached hydrogens (tertiary/aromatic N) is 2. The van der Waals surface area contributed by atoms with Crippen molar-refractivity contribution in [2.45, 2.75) is 40.2 Å². The van der Waals surface area contributed by atoms with Crippen molar-refractivity contribution in [3.63, 3.8) is 0 Å². The lowest BCUT2D eigenvalue weighted by molar-refractivity contribution is 0.586. The van der Waals surface area contributed by atoms with Crippen LogP contribution < -0.4 is 10.2 Å². The van der Waals surface area contributed by atoms with Gasteiger partial charge in [-0.2, -0.15) is 5.26 Å². The molecule has 0 heterocycles. The maximum absolute atomic E-state index is 13.9. The van der Waals surface area contributed by atoms with Crippen molar-refractivity contribution in [2.24, 2.45) is 5.92 Å². The zero-order chi connectivity index (χ0) is 16.0. The molecule has 0 aliphatic rings. The highest BCUT2D eigenvalue weighted by molar-refractivity contribution is 5.57. The summed E-state index contributed by atoms with van der Waals surface area (Å²) in [6, 6.07) is 5.78. The molecule has 0 aromatic heterocycles. The van der Waals surface area contributed by atoms with Crippen LogP contribution in [0.2, 0.25) is 0 Å². The summed E-state index contributed by atoms with van der Waals surface area (Å²) in [6.07, 6.45) is 0.469. The molecule has 1 unspecified atom stereocenters. The van der Waals surface area contributed by atoms with Gasteiger partial charge in [-0.25, -0.2) is 4.39 Å². The number of benzene rings is 1. The van der Waals surface area contributed by atoms with Gasteiger partial charge in [-0.15, -0.1) is 0 Å². The van der Waals surface area contributed by atoms with E-state index >= 15 is 0 Å². The predicted octanol–water partition coefficient (Wildman–Crippen LogP) is 3.79. The molecule has 116 valence electrons. The minimum absolute atomic E-state index is 0.0619. The van der Waals surface area contributed by atoms with Crippen LogP contribution in [0.15, 0.2) is 12.1 Å². The molecule has 0 saturated heterocycles. The number of anilines is 1. The normalized spacial score (nSPS) is 12.3. The maximum atomic E-state index is 13.9. The molecule has 0 amide bonds. The Morgan fingerprint density at radius 1 is 1.33 bits per heavy atom. The van der Waals surface area contributed by atoms with Gasteiger partial charge in [-0.3, -0.25) is 0 Å². The zero-order valence-corrected chi connectivity index (χ0v) is 13.7. The second-order valence-electron chi connectivity index (χ2n) is 5.92. The van der Waals surface area contributed by atoms with Gasteiger partial charge in [0.2, 0.25) is 0 Å². The van der Waals surface area contributed by atoms with Crippen LogP contribution in [0.5, 0.6) is 0 Å². The number of nitrogens with one attached hydrogen (secondary N) is 1. The average molecular weight is 291 g/mol. The van der Waals surface area contributed by atoms with Gasteiger partial charge in [0.15, 0.2) is 0 Å². The van der Waals surface area contributed by atoms with E-state index in [0.717, 1.165) is 17.8 Å². The summed E-state index contributed by atoms with van der Waals surface area (Å²) >= 11 is 0. The molecule has 0 saturated carbocycles. The van der Waals surface area contributed by atoms with Gasteiger partial charge in [-0.1, -0.05) is 13.8 Å². The van der Waals surface area contributed by atoms with Crippen LogP contribution in [-0.4, -0.2) is 20.1 Å². The van der Waals surface area contributed by atoms with E-state index in [9.17, 15) is 4.39 Å². The lowest BCUT2D eigenvalue weighted by Gasteiger charge is -2.30. The molecule has 21 heavy (non-hydrogen) atoms. The van der Waals surface area contributed by atoms with Gasteiger partial charge < -0.3 is 10.2 Å². The first kappa shape index (κ1) is 17.5. The number of halogens is 1. The van der Waals surface area contributed by atoms with Crippen molar-refractivity contribution in [2.75, 3.05) is 25.0 Å². The number of aryl methyl sites for hydroxylation is 1. The molecular weight excluding hydrogens is 265 g/mol. The molecule has 1 aromatic carbocycles. The molecule has 3 nitrogen and oxygen atoms in total. The van der Waals surface area contributed by atoms with Crippen LogP contribution in [0, 0.1) is 30.0 Å². The van der Waals surface area contributed by atoms with Crippen molar-refractivity contribution in [3.05, 3.63) is 29.1 Å². The Hall–Kier alpha value is -1.60. The fourth-order valence-corrected chi connectivity index (χ4v) is 2.39. The van der Waals surface area contributed by atoms with Gasteiger partial charge >= 0.3 is 0 Å². The lowest BCUT2D eigenvalue weighted by Crippen LogP contribution is -2.30. The lowest BCUT2D eigenvalue weighted by atomic mass is 10.0. The smallest absolute Gasteiger partial charge is 0.126 e. The molecule has 0 aliphatic carbocycles. The van der Waals surface area contributed by atoms with E-state index in [2.05, 4.69) is 30.1 Å². The standard InChI is InChI=1S/C17H26FN3/c1-12(2)11-21(8-6-7-19)17-9-13(3)16(18)10-15(17)14(4)20-5/h9-10,12,14,20H,6,8,11H2,1-5H3. The summed E-state index contributed by atoms with van der Waals surface area (Å²) in [5.41, 5.74) is 2.61. The Bertz CT molecular complexity index is 505. The van der Waals surface area contributed by atoms with Crippen molar-refractivity contribution >= 4 is 5.69 Å². The van der Waals surface area contributed by atoms with Crippen molar-refractivity contribution in [1.29, 1.82) is 5.26 Å². The molecule has 0 fully saturated rings. The fraction of sp³-hybridized carbons (Fsp3) is 0.588. The highest BCUT2D eigenvalue weighted by atomic mass is 19.1. The van der Waals surface area contributed by atoms with Crippen LogP contribution in [0.25, 0.3) is 0 Å². The second-order valence-corrected chi connectivity index (χ2v) is 5.92. The van der Waals surface area contributed by atoms with Gasteiger partial charge in [0, 0.05) is 24.8 Å². The van der Waals surface area contributed by atoms with E-state index in [-0.39, 0.29) is 11.9 Å². The molecule has 1 N–H and O–H groups in total. The molecule has 0 bridgehead atoms. The molecule has 1 rings (SSSR count). The fourth-order valence-electron chi connectivity index (χ4n) is 2.39. The molecule has 4 heteroatoms.